The summed E-state index contributed by atoms with van der Waals surface area (Å²) in [5, 5.41) is 8.95. The van der Waals surface area contributed by atoms with Crippen molar-refractivity contribution in [2.24, 2.45) is 0 Å². The fourth-order valence-electron chi connectivity index (χ4n) is 2.22. The largest absolute Gasteiger partial charge is 0.315 e. The third-order valence-corrected chi connectivity index (χ3v) is 3.45. The number of hydrogen-bond acceptors (Lipinski definition) is 3. The van der Waals surface area contributed by atoms with Gasteiger partial charge in [0, 0.05) is 22.6 Å². The van der Waals surface area contributed by atoms with Crippen molar-refractivity contribution in [2.45, 2.75) is 18.9 Å². The highest BCUT2D eigenvalue weighted by molar-refractivity contribution is 9.10. The van der Waals surface area contributed by atoms with Gasteiger partial charge in [-0.05, 0) is 41.4 Å². The van der Waals surface area contributed by atoms with Gasteiger partial charge in [0.1, 0.15) is 0 Å². The molecule has 1 aliphatic heterocycles. The molecule has 3 rings (SSSR count). The molecule has 84 valence electrons. The van der Waals surface area contributed by atoms with Crippen molar-refractivity contribution >= 4 is 27.0 Å². The van der Waals surface area contributed by atoms with Crippen LogP contribution in [0.1, 0.15) is 18.9 Å². The molecule has 1 N–H and O–H groups in total. The second-order valence-electron chi connectivity index (χ2n) is 4.16. The van der Waals surface area contributed by atoms with Gasteiger partial charge in [0.25, 0.3) is 0 Å². The maximum absolute atomic E-state index is 4.45. The lowest BCUT2D eigenvalue weighted by Crippen LogP contribution is -2.32. The standard InChI is InChI=1S/C11H13BrN4/c12-9-4-8-5-15-16(11(8)14-6-9)10-2-1-3-13-7-10/h4-6,10,13H,1-3,7H2. The van der Waals surface area contributed by atoms with Crippen LogP contribution in [0, 0.1) is 0 Å². The van der Waals surface area contributed by atoms with Gasteiger partial charge in [0.05, 0.1) is 12.2 Å². The van der Waals surface area contributed by atoms with Crippen LogP contribution in [-0.2, 0) is 0 Å². The lowest BCUT2D eigenvalue weighted by molar-refractivity contribution is 0.353. The number of hydrogen-bond donors (Lipinski definition) is 1. The zero-order chi connectivity index (χ0) is 11.0. The Kier molecular flexibility index (Phi) is 2.65. The van der Waals surface area contributed by atoms with Crippen molar-refractivity contribution in [3.63, 3.8) is 0 Å². The van der Waals surface area contributed by atoms with Crippen LogP contribution in [0.15, 0.2) is 22.9 Å². The van der Waals surface area contributed by atoms with E-state index in [4.69, 9.17) is 0 Å². The number of fused-ring (bicyclic) bond motifs is 1. The zero-order valence-electron chi connectivity index (χ0n) is 8.86. The number of nitrogens with one attached hydrogen (secondary N) is 1. The van der Waals surface area contributed by atoms with E-state index in [2.05, 4.69) is 37.4 Å². The van der Waals surface area contributed by atoms with Gasteiger partial charge in [-0.2, -0.15) is 5.10 Å². The number of aromatic nitrogens is 3. The second-order valence-corrected chi connectivity index (χ2v) is 5.07. The molecule has 4 nitrogen and oxygen atoms in total. The number of rotatable bonds is 1. The topological polar surface area (TPSA) is 42.7 Å². The maximum Gasteiger partial charge on any atom is 0.158 e. The Morgan fingerprint density at radius 2 is 2.38 bits per heavy atom. The smallest absolute Gasteiger partial charge is 0.158 e. The lowest BCUT2D eigenvalue weighted by atomic mass is 10.1. The van der Waals surface area contributed by atoms with Crippen LogP contribution >= 0.6 is 15.9 Å². The molecular formula is C11H13BrN4. The summed E-state index contributed by atoms with van der Waals surface area (Å²) in [7, 11) is 0. The Balaban J connectivity index is 2.03. The van der Waals surface area contributed by atoms with E-state index >= 15 is 0 Å². The minimum atomic E-state index is 0.444. The summed E-state index contributed by atoms with van der Waals surface area (Å²) in [5.74, 6) is 0. The molecule has 0 aliphatic carbocycles. The normalized spacial score (nSPS) is 21.4. The molecule has 0 saturated carbocycles. The summed E-state index contributed by atoms with van der Waals surface area (Å²) in [6.45, 7) is 2.11. The first-order valence-corrected chi connectivity index (χ1v) is 6.33. The number of nitrogens with zero attached hydrogens (tertiary/aromatic N) is 3. The molecule has 1 atom stereocenters. The van der Waals surface area contributed by atoms with E-state index in [0.29, 0.717) is 6.04 Å². The molecule has 0 amide bonds. The fraction of sp³-hybridized carbons (Fsp3) is 0.455. The van der Waals surface area contributed by atoms with Gasteiger partial charge in [-0.25, -0.2) is 9.67 Å². The Hall–Kier alpha value is -0.940. The molecule has 2 aromatic rings. The summed E-state index contributed by atoms with van der Waals surface area (Å²) < 4.78 is 3.05. The quantitative estimate of drug-likeness (QED) is 0.870. The van der Waals surface area contributed by atoms with Crippen molar-refractivity contribution in [3.8, 4) is 0 Å². The van der Waals surface area contributed by atoms with Crippen LogP contribution in [0.2, 0.25) is 0 Å². The SMILES string of the molecule is Brc1cnc2c(cnn2C2CCCNC2)c1. The zero-order valence-corrected chi connectivity index (χ0v) is 10.4. The average Bonchev–Trinajstić information content (AvgIpc) is 2.73. The Morgan fingerprint density at radius 1 is 1.44 bits per heavy atom. The van der Waals surface area contributed by atoms with Crippen molar-refractivity contribution < 1.29 is 0 Å². The molecule has 16 heavy (non-hydrogen) atoms. The molecule has 0 aromatic carbocycles. The monoisotopic (exact) mass is 280 g/mol. The first kappa shape index (κ1) is 10.2. The molecule has 1 aliphatic rings. The van der Waals surface area contributed by atoms with Crippen LogP contribution < -0.4 is 5.32 Å². The van der Waals surface area contributed by atoms with Gasteiger partial charge in [-0.1, -0.05) is 0 Å². The molecule has 1 unspecified atom stereocenters. The van der Waals surface area contributed by atoms with Crippen molar-refractivity contribution in [1.82, 2.24) is 20.1 Å². The summed E-state index contributed by atoms with van der Waals surface area (Å²) in [6, 6.07) is 2.50. The van der Waals surface area contributed by atoms with Gasteiger partial charge in [-0.3, -0.25) is 0 Å². The fourth-order valence-corrected chi connectivity index (χ4v) is 2.57. The maximum atomic E-state index is 4.45. The van der Waals surface area contributed by atoms with Crippen molar-refractivity contribution in [3.05, 3.63) is 22.9 Å². The molecule has 5 heteroatoms. The highest BCUT2D eigenvalue weighted by Gasteiger charge is 2.18. The van der Waals surface area contributed by atoms with Crippen molar-refractivity contribution in [2.75, 3.05) is 13.1 Å². The number of halogens is 1. The Labute approximate surface area is 102 Å². The third kappa shape index (κ3) is 1.74. The van der Waals surface area contributed by atoms with E-state index in [1.165, 1.54) is 12.8 Å². The van der Waals surface area contributed by atoms with Crippen LogP contribution in [0.3, 0.4) is 0 Å². The van der Waals surface area contributed by atoms with Gasteiger partial charge in [0.15, 0.2) is 5.65 Å². The van der Waals surface area contributed by atoms with Gasteiger partial charge in [0.2, 0.25) is 0 Å². The van der Waals surface area contributed by atoms with E-state index in [1.807, 2.05) is 17.1 Å². The van der Waals surface area contributed by atoms with Gasteiger partial charge in [-0.15, -0.1) is 0 Å². The van der Waals surface area contributed by atoms with Crippen LogP contribution in [0.25, 0.3) is 11.0 Å². The van der Waals surface area contributed by atoms with Crippen LogP contribution in [-0.4, -0.2) is 27.9 Å². The minimum Gasteiger partial charge on any atom is -0.315 e. The third-order valence-electron chi connectivity index (χ3n) is 3.02. The molecule has 1 fully saturated rings. The van der Waals surface area contributed by atoms with Gasteiger partial charge >= 0.3 is 0 Å². The number of pyridine rings is 1. The average molecular weight is 281 g/mol. The van der Waals surface area contributed by atoms with E-state index in [0.717, 1.165) is 28.6 Å². The molecular weight excluding hydrogens is 268 g/mol. The van der Waals surface area contributed by atoms with E-state index in [-0.39, 0.29) is 0 Å². The summed E-state index contributed by atoms with van der Waals surface area (Å²) >= 11 is 3.43. The highest BCUT2D eigenvalue weighted by atomic mass is 79.9. The number of piperidine rings is 1. The van der Waals surface area contributed by atoms with E-state index in [9.17, 15) is 0 Å². The Bertz CT molecular complexity index is 502. The minimum absolute atomic E-state index is 0.444. The van der Waals surface area contributed by atoms with Crippen LogP contribution in [0.5, 0.6) is 0 Å². The molecule has 0 spiro atoms. The summed E-state index contributed by atoms with van der Waals surface area (Å²) in [5.41, 5.74) is 0.983. The van der Waals surface area contributed by atoms with E-state index in [1.54, 1.807) is 0 Å². The molecule has 3 heterocycles. The first-order chi connectivity index (χ1) is 7.84. The highest BCUT2D eigenvalue weighted by Crippen LogP contribution is 2.22. The summed E-state index contributed by atoms with van der Waals surface area (Å²) in [4.78, 5) is 4.44. The van der Waals surface area contributed by atoms with E-state index < -0.39 is 0 Å². The van der Waals surface area contributed by atoms with Crippen LogP contribution in [0.4, 0.5) is 0 Å². The first-order valence-electron chi connectivity index (χ1n) is 5.54. The van der Waals surface area contributed by atoms with Crippen molar-refractivity contribution in [1.29, 1.82) is 0 Å². The Morgan fingerprint density at radius 3 is 3.19 bits per heavy atom. The predicted molar refractivity (Wildman–Crippen MR) is 66.4 cm³/mol. The molecule has 2 aromatic heterocycles. The molecule has 1 saturated heterocycles. The predicted octanol–water partition coefficient (Wildman–Crippen LogP) is 2.12. The lowest BCUT2D eigenvalue weighted by Gasteiger charge is -2.23. The van der Waals surface area contributed by atoms with Gasteiger partial charge < -0.3 is 5.32 Å². The summed E-state index contributed by atoms with van der Waals surface area (Å²) in [6.07, 6.45) is 6.11. The molecule has 0 bridgehead atoms. The second kappa shape index (κ2) is 4.14. The molecule has 0 radical (unpaired) electrons.